The molecule has 1 aliphatic carbocycles. The molecule has 1 saturated heterocycles. The number of amides is 1. The average molecular weight is 328 g/mol. The standard InChI is InChI=1S/C18H20N2O4/c21-16(19-14-8-9-23-18(14)22)12-6-7-13-15(10-12)24-17(20-13)11-4-2-1-3-5-11/h6-7,10-11,14H,1-5,8-9H2,(H,19,21). The molecule has 4 rings (SSSR count). The molecule has 24 heavy (non-hydrogen) atoms. The van der Waals surface area contributed by atoms with Crippen molar-refractivity contribution in [3.63, 3.8) is 0 Å². The van der Waals surface area contributed by atoms with Crippen molar-refractivity contribution in [2.75, 3.05) is 6.61 Å². The third kappa shape index (κ3) is 2.88. The number of aromatic nitrogens is 1. The SMILES string of the molecule is O=C(NC1CCOC1=O)c1ccc2nc(C3CCCCC3)oc2c1. The number of esters is 1. The Morgan fingerprint density at radius 1 is 1.17 bits per heavy atom. The lowest BCUT2D eigenvalue weighted by Crippen LogP contribution is -2.37. The van der Waals surface area contributed by atoms with Crippen molar-refractivity contribution in [3.8, 4) is 0 Å². The molecule has 2 aromatic rings. The quantitative estimate of drug-likeness (QED) is 0.876. The van der Waals surface area contributed by atoms with E-state index in [1.54, 1.807) is 18.2 Å². The van der Waals surface area contributed by atoms with E-state index in [4.69, 9.17) is 9.15 Å². The van der Waals surface area contributed by atoms with Gasteiger partial charge in [0.05, 0.1) is 6.61 Å². The summed E-state index contributed by atoms with van der Waals surface area (Å²) in [5.74, 6) is 0.498. The topological polar surface area (TPSA) is 81.4 Å². The summed E-state index contributed by atoms with van der Waals surface area (Å²) in [4.78, 5) is 28.4. The lowest BCUT2D eigenvalue weighted by Gasteiger charge is -2.17. The monoisotopic (exact) mass is 328 g/mol. The summed E-state index contributed by atoms with van der Waals surface area (Å²) >= 11 is 0. The number of benzene rings is 1. The minimum absolute atomic E-state index is 0.295. The number of hydrogen-bond acceptors (Lipinski definition) is 5. The van der Waals surface area contributed by atoms with Crippen LogP contribution in [0.25, 0.3) is 11.1 Å². The zero-order valence-corrected chi connectivity index (χ0v) is 13.4. The van der Waals surface area contributed by atoms with E-state index in [0.29, 0.717) is 30.1 Å². The third-order valence-electron chi connectivity index (χ3n) is 4.86. The van der Waals surface area contributed by atoms with E-state index >= 15 is 0 Å². The molecule has 0 spiro atoms. The van der Waals surface area contributed by atoms with Gasteiger partial charge < -0.3 is 14.5 Å². The molecule has 6 nitrogen and oxygen atoms in total. The lowest BCUT2D eigenvalue weighted by atomic mass is 9.89. The largest absolute Gasteiger partial charge is 0.464 e. The fourth-order valence-corrected chi connectivity index (χ4v) is 3.48. The number of carbonyl (C=O) groups is 2. The first-order valence-electron chi connectivity index (χ1n) is 8.59. The summed E-state index contributed by atoms with van der Waals surface area (Å²) in [5.41, 5.74) is 1.86. The molecular weight excluding hydrogens is 308 g/mol. The van der Waals surface area contributed by atoms with Gasteiger partial charge in [0, 0.05) is 17.9 Å². The van der Waals surface area contributed by atoms with Gasteiger partial charge in [-0.25, -0.2) is 9.78 Å². The predicted molar refractivity (Wildman–Crippen MR) is 86.7 cm³/mol. The second-order valence-corrected chi connectivity index (χ2v) is 6.55. The minimum Gasteiger partial charge on any atom is -0.464 e. The smallest absolute Gasteiger partial charge is 0.328 e. The molecule has 0 radical (unpaired) electrons. The predicted octanol–water partition coefficient (Wildman–Crippen LogP) is 2.92. The van der Waals surface area contributed by atoms with Crippen LogP contribution in [0.1, 0.15) is 60.7 Å². The van der Waals surface area contributed by atoms with Crippen molar-refractivity contribution in [1.29, 1.82) is 0 Å². The Morgan fingerprint density at radius 3 is 2.75 bits per heavy atom. The van der Waals surface area contributed by atoms with Crippen LogP contribution in [0.15, 0.2) is 22.6 Å². The summed E-state index contributed by atoms with van der Waals surface area (Å²) in [6.45, 7) is 0.357. The second-order valence-electron chi connectivity index (χ2n) is 6.55. The first-order valence-corrected chi connectivity index (χ1v) is 8.59. The molecule has 2 heterocycles. The van der Waals surface area contributed by atoms with Gasteiger partial charge in [-0.2, -0.15) is 0 Å². The minimum atomic E-state index is -0.555. The summed E-state index contributed by atoms with van der Waals surface area (Å²) in [6, 6.07) is 4.66. The Morgan fingerprint density at radius 2 is 2.00 bits per heavy atom. The first-order chi connectivity index (χ1) is 11.7. The molecule has 1 aromatic heterocycles. The van der Waals surface area contributed by atoms with E-state index in [1.165, 1.54) is 19.3 Å². The third-order valence-corrected chi connectivity index (χ3v) is 4.86. The number of oxazole rings is 1. The van der Waals surface area contributed by atoms with Gasteiger partial charge in [0.15, 0.2) is 11.5 Å². The van der Waals surface area contributed by atoms with Gasteiger partial charge in [0.25, 0.3) is 5.91 Å². The number of fused-ring (bicyclic) bond motifs is 1. The molecule has 1 saturated carbocycles. The molecule has 0 bridgehead atoms. The molecular formula is C18H20N2O4. The molecule has 6 heteroatoms. The molecule has 1 amide bonds. The fraction of sp³-hybridized carbons (Fsp3) is 0.500. The highest BCUT2D eigenvalue weighted by Crippen LogP contribution is 2.33. The van der Waals surface area contributed by atoms with Crippen LogP contribution < -0.4 is 5.32 Å². The number of rotatable bonds is 3. The fourth-order valence-electron chi connectivity index (χ4n) is 3.48. The van der Waals surface area contributed by atoms with Crippen molar-refractivity contribution in [3.05, 3.63) is 29.7 Å². The Balaban J connectivity index is 1.54. The van der Waals surface area contributed by atoms with E-state index in [2.05, 4.69) is 10.3 Å². The van der Waals surface area contributed by atoms with Crippen LogP contribution >= 0.6 is 0 Å². The molecule has 1 aromatic carbocycles. The highest BCUT2D eigenvalue weighted by molar-refractivity contribution is 5.99. The molecule has 1 unspecified atom stereocenters. The number of nitrogens with one attached hydrogen (secondary N) is 1. The van der Waals surface area contributed by atoms with Gasteiger partial charge in [0.1, 0.15) is 11.6 Å². The number of carbonyl (C=O) groups excluding carboxylic acids is 2. The molecule has 1 N–H and O–H groups in total. The Bertz CT molecular complexity index is 776. The van der Waals surface area contributed by atoms with Crippen molar-refractivity contribution in [2.45, 2.75) is 50.5 Å². The van der Waals surface area contributed by atoms with Gasteiger partial charge in [-0.05, 0) is 31.0 Å². The summed E-state index contributed by atoms with van der Waals surface area (Å²) in [7, 11) is 0. The summed E-state index contributed by atoms with van der Waals surface area (Å²) < 4.78 is 10.8. The van der Waals surface area contributed by atoms with Gasteiger partial charge >= 0.3 is 5.97 Å². The highest BCUT2D eigenvalue weighted by atomic mass is 16.5. The van der Waals surface area contributed by atoms with Crippen molar-refractivity contribution in [1.82, 2.24) is 10.3 Å². The molecule has 1 atom stereocenters. The van der Waals surface area contributed by atoms with Crippen LogP contribution in [0.3, 0.4) is 0 Å². The molecule has 2 fully saturated rings. The van der Waals surface area contributed by atoms with E-state index in [9.17, 15) is 9.59 Å². The first kappa shape index (κ1) is 15.2. The average Bonchev–Trinajstić information content (AvgIpc) is 3.21. The zero-order chi connectivity index (χ0) is 16.5. The molecule has 1 aliphatic heterocycles. The van der Waals surface area contributed by atoms with Crippen molar-refractivity contribution in [2.24, 2.45) is 0 Å². The Kier molecular flexibility index (Phi) is 3.96. The number of ether oxygens (including phenoxy) is 1. The lowest BCUT2D eigenvalue weighted by molar-refractivity contribution is -0.139. The van der Waals surface area contributed by atoms with Gasteiger partial charge in [-0.15, -0.1) is 0 Å². The van der Waals surface area contributed by atoms with Crippen LogP contribution in [0.5, 0.6) is 0 Å². The van der Waals surface area contributed by atoms with Gasteiger partial charge in [-0.1, -0.05) is 19.3 Å². The Hall–Kier alpha value is -2.37. The van der Waals surface area contributed by atoms with Crippen molar-refractivity contribution >= 4 is 23.0 Å². The summed E-state index contributed by atoms with van der Waals surface area (Å²) in [5, 5.41) is 2.70. The van der Waals surface area contributed by atoms with E-state index in [0.717, 1.165) is 24.2 Å². The van der Waals surface area contributed by atoms with Crippen LogP contribution in [-0.2, 0) is 9.53 Å². The van der Waals surface area contributed by atoms with Crippen LogP contribution in [0.2, 0.25) is 0 Å². The number of nitrogens with zero attached hydrogens (tertiary/aromatic N) is 1. The van der Waals surface area contributed by atoms with Crippen LogP contribution in [-0.4, -0.2) is 29.5 Å². The Labute approximate surface area is 139 Å². The number of cyclic esters (lactones) is 1. The number of hydrogen-bond donors (Lipinski definition) is 1. The maximum absolute atomic E-state index is 12.3. The van der Waals surface area contributed by atoms with E-state index in [-0.39, 0.29) is 11.9 Å². The van der Waals surface area contributed by atoms with Crippen LogP contribution in [0.4, 0.5) is 0 Å². The highest BCUT2D eigenvalue weighted by Gasteiger charge is 2.28. The normalized spacial score (nSPS) is 21.8. The van der Waals surface area contributed by atoms with Crippen LogP contribution in [0, 0.1) is 0 Å². The van der Waals surface area contributed by atoms with E-state index in [1.807, 2.05) is 0 Å². The summed E-state index contributed by atoms with van der Waals surface area (Å²) in [6.07, 6.45) is 6.46. The molecule has 126 valence electrons. The maximum Gasteiger partial charge on any atom is 0.328 e. The van der Waals surface area contributed by atoms with Crippen molar-refractivity contribution < 1.29 is 18.7 Å². The maximum atomic E-state index is 12.3. The van der Waals surface area contributed by atoms with Gasteiger partial charge in [-0.3, -0.25) is 4.79 Å². The zero-order valence-electron chi connectivity index (χ0n) is 13.4. The van der Waals surface area contributed by atoms with E-state index < -0.39 is 6.04 Å². The van der Waals surface area contributed by atoms with Gasteiger partial charge in [0.2, 0.25) is 0 Å². The second kappa shape index (κ2) is 6.26. The molecule has 2 aliphatic rings.